The summed E-state index contributed by atoms with van der Waals surface area (Å²) in [5.41, 5.74) is 0.637. The third-order valence-electron chi connectivity index (χ3n) is 5.15. The van der Waals surface area contributed by atoms with Gasteiger partial charge in [-0.3, -0.25) is 19.1 Å². The lowest BCUT2D eigenvalue weighted by Gasteiger charge is -2.34. The van der Waals surface area contributed by atoms with Crippen LogP contribution < -0.4 is 5.32 Å². The molecule has 1 N–H and O–H groups in total. The monoisotopic (exact) mass is 492 g/mol. The van der Waals surface area contributed by atoms with Gasteiger partial charge in [-0.25, -0.2) is 9.69 Å². The van der Waals surface area contributed by atoms with E-state index in [1.165, 1.54) is 21.6 Å². The van der Waals surface area contributed by atoms with Crippen LogP contribution in [0.2, 0.25) is 0 Å². The van der Waals surface area contributed by atoms with Crippen molar-refractivity contribution in [3.05, 3.63) is 28.7 Å². The van der Waals surface area contributed by atoms with Crippen LogP contribution in [0.1, 0.15) is 26.2 Å². The van der Waals surface area contributed by atoms with Crippen LogP contribution >= 0.6 is 27.7 Å². The first-order valence-electron chi connectivity index (χ1n) is 10.0. The first kappa shape index (κ1) is 21.0. The molecule has 3 aliphatic heterocycles. The van der Waals surface area contributed by atoms with Crippen molar-refractivity contribution in [3.63, 3.8) is 0 Å². The van der Waals surface area contributed by atoms with Gasteiger partial charge >= 0.3 is 11.2 Å². The zero-order chi connectivity index (χ0) is 21.3. The van der Waals surface area contributed by atoms with Gasteiger partial charge in [-0.05, 0) is 60.3 Å². The molecule has 0 spiro atoms. The van der Waals surface area contributed by atoms with Crippen molar-refractivity contribution in [2.24, 2.45) is 4.99 Å². The van der Waals surface area contributed by atoms with Crippen LogP contribution in [0.25, 0.3) is 0 Å². The van der Waals surface area contributed by atoms with Crippen molar-refractivity contribution in [1.82, 2.24) is 9.80 Å². The number of rotatable bonds is 5. The molecule has 0 radical (unpaired) electrons. The number of anilines is 1. The smallest absolute Gasteiger partial charge is 0.325 e. The highest BCUT2D eigenvalue weighted by Crippen LogP contribution is 2.32. The van der Waals surface area contributed by atoms with Crippen molar-refractivity contribution in [1.29, 1.82) is 0 Å². The minimum Gasteiger partial charge on any atom is -0.325 e. The highest BCUT2D eigenvalue weighted by molar-refractivity contribution is 9.10. The van der Waals surface area contributed by atoms with Crippen LogP contribution in [0.3, 0.4) is 0 Å². The van der Waals surface area contributed by atoms with Crippen LogP contribution in [-0.4, -0.2) is 74.7 Å². The number of amidine groups is 2. The summed E-state index contributed by atoms with van der Waals surface area (Å²) in [6.07, 6.45) is 2.84. The summed E-state index contributed by atoms with van der Waals surface area (Å²) in [7, 11) is 0. The average molecular weight is 493 g/mol. The van der Waals surface area contributed by atoms with E-state index in [4.69, 9.17) is 0 Å². The maximum atomic E-state index is 13.1. The number of aliphatic imine (C=N–C) groups is 1. The van der Waals surface area contributed by atoms with Gasteiger partial charge in [0.05, 0.1) is 13.1 Å². The summed E-state index contributed by atoms with van der Waals surface area (Å²) in [5, 5.41) is 3.00. The molecule has 1 aromatic carbocycles. The maximum absolute atomic E-state index is 13.1. The van der Waals surface area contributed by atoms with Crippen LogP contribution in [0.5, 0.6) is 0 Å². The number of carbonyl (C=O) groups excluding carboxylic acids is 3. The first-order valence-corrected chi connectivity index (χ1v) is 11.7. The lowest BCUT2D eigenvalue weighted by molar-refractivity contribution is -0.503. The van der Waals surface area contributed by atoms with Gasteiger partial charge in [-0.2, -0.15) is 0 Å². The quantitative estimate of drug-likeness (QED) is 0.640. The molecule has 30 heavy (non-hydrogen) atoms. The Bertz CT molecular complexity index is 938. The third kappa shape index (κ3) is 4.15. The molecular formula is C20H23BrN5O3S+. The van der Waals surface area contributed by atoms with Gasteiger partial charge in [-0.15, -0.1) is 0 Å². The fourth-order valence-corrected chi connectivity index (χ4v) is 5.16. The van der Waals surface area contributed by atoms with Crippen LogP contribution in [0.15, 0.2) is 33.7 Å². The molecule has 0 saturated carbocycles. The normalized spacial score (nSPS) is 21.3. The maximum Gasteiger partial charge on any atom is 0.357 e. The highest BCUT2D eigenvalue weighted by atomic mass is 79.9. The predicted octanol–water partition coefficient (Wildman–Crippen LogP) is 2.74. The molecule has 158 valence electrons. The number of nitrogens with one attached hydrogen (secondary N) is 1. The van der Waals surface area contributed by atoms with Gasteiger partial charge in [-0.1, -0.05) is 22.9 Å². The summed E-state index contributed by atoms with van der Waals surface area (Å²) in [6, 6.07) is 6.73. The number of carbonyl (C=O) groups is 3. The molecule has 3 heterocycles. The molecule has 1 atom stereocenters. The Morgan fingerprint density at radius 2 is 1.93 bits per heavy atom. The van der Waals surface area contributed by atoms with Crippen molar-refractivity contribution in [3.8, 4) is 0 Å². The zero-order valence-electron chi connectivity index (χ0n) is 16.6. The number of hydrogen-bond acceptors (Lipinski definition) is 4. The molecule has 0 aromatic heterocycles. The number of amides is 4. The van der Waals surface area contributed by atoms with E-state index in [-0.39, 0.29) is 18.4 Å². The summed E-state index contributed by atoms with van der Waals surface area (Å²) >= 11 is 4.75. The second-order valence-corrected chi connectivity index (χ2v) is 9.35. The average Bonchev–Trinajstić information content (AvgIpc) is 3.40. The van der Waals surface area contributed by atoms with E-state index in [1.54, 1.807) is 12.1 Å². The first-order chi connectivity index (χ1) is 14.5. The number of halogens is 1. The standard InChI is InChI=1S/C20H22BrN5O3S/c1-2-9-25-18(28)16-17(23-19(30-16)24-10-3-4-11-24)26(20(25)29)12-15(27)22-14-7-5-13(21)6-8-14/h5-8,16H,2-4,9-12H2,1H3/p+1. The molecule has 2 saturated heterocycles. The van der Waals surface area contributed by atoms with Crippen molar-refractivity contribution >= 4 is 62.2 Å². The van der Waals surface area contributed by atoms with E-state index >= 15 is 0 Å². The number of nitrogens with zero attached hydrogens (tertiary/aromatic N) is 4. The van der Waals surface area contributed by atoms with Gasteiger partial charge in [0.15, 0.2) is 5.25 Å². The summed E-state index contributed by atoms with van der Waals surface area (Å²) in [4.78, 5) is 45.9. The second-order valence-electron chi connectivity index (χ2n) is 7.36. The minimum atomic E-state index is -0.578. The number of fused-ring (bicyclic) bond motifs is 1. The highest BCUT2D eigenvalue weighted by Gasteiger charge is 2.53. The minimum absolute atomic E-state index is 0.189. The summed E-state index contributed by atoms with van der Waals surface area (Å²) < 4.78 is 3.06. The van der Waals surface area contributed by atoms with E-state index in [2.05, 4.69) is 30.8 Å². The molecule has 3 aliphatic rings. The van der Waals surface area contributed by atoms with Crippen molar-refractivity contribution in [2.75, 3.05) is 31.5 Å². The van der Waals surface area contributed by atoms with Crippen molar-refractivity contribution < 1.29 is 19.0 Å². The Morgan fingerprint density at radius 1 is 1.23 bits per heavy atom. The second kappa shape index (κ2) is 8.89. The SMILES string of the molecule is CCCN1C(=O)C2SC(=[N+]3CCCC3)N=C2N(CC(=O)Nc2ccc(Br)cc2)C1=O. The Hall–Kier alpha value is -2.20. The van der Waals surface area contributed by atoms with Gasteiger partial charge < -0.3 is 5.32 Å². The van der Waals surface area contributed by atoms with Gasteiger partial charge in [0.1, 0.15) is 6.54 Å². The zero-order valence-corrected chi connectivity index (χ0v) is 19.0. The van der Waals surface area contributed by atoms with Crippen molar-refractivity contribution in [2.45, 2.75) is 31.4 Å². The molecule has 0 aliphatic carbocycles. The number of imide groups is 1. The Labute approximate surface area is 187 Å². The van der Waals surface area contributed by atoms with E-state index in [9.17, 15) is 14.4 Å². The number of thioether (sulfide) groups is 1. The predicted molar refractivity (Wildman–Crippen MR) is 120 cm³/mol. The Balaban J connectivity index is 1.59. The lowest BCUT2D eigenvalue weighted by atomic mass is 10.2. The van der Waals surface area contributed by atoms with E-state index in [1.807, 2.05) is 19.1 Å². The van der Waals surface area contributed by atoms with Crippen LogP contribution in [0.4, 0.5) is 10.5 Å². The Morgan fingerprint density at radius 3 is 2.60 bits per heavy atom. The summed E-state index contributed by atoms with van der Waals surface area (Å²) in [5.74, 6) is -0.211. The molecule has 10 heteroatoms. The number of urea groups is 1. The molecule has 1 aromatic rings. The fourth-order valence-electron chi connectivity index (χ4n) is 3.69. The molecule has 4 amide bonds. The third-order valence-corrected chi connectivity index (χ3v) is 6.89. The van der Waals surface area contributed by atoms with Gasteiger partial charge in [0.25, 0.3) is 11.7 Å². The molecule has 1 unspecified atom stereocenters. The largest absolute Gasteiger partial charge is 0.357 e. The topological polar surface area (TPSA) is 85.1 Å². The molecular weight excluding hydrogens is 470 g/mol. The van der Waals surface area contributed by atoms with Gasteiger partial charge in [0.2, 0.25) is 5.91 Å². The Kier molecular flexibility index (Phi) is 6.24. The van der Waals surface area contributed by atoms with E-state index < -0.39 is 11.3 Å². The number of benzene rings is 1. The molecule has 8 nitrogen and oxygen atoms in total. The van der Waals surface area contributed by atoms with Gasteiger partial charge in [0, 0.05) is 16.7 Å². The lowest BCUT2D eigenvalue weighted by Crippen LogP contribution is -2.61. The van der Waals surface area contributed by atoms with E-state index in [0.717, 1.165) is 35.6 Å². The fraction of sp³-hybridized carbons (Fsp3) is 0.450. The number of hydrogen-bond donors (Lipinski definition) is 1. The molecule has 2 fully saturated rings. The van der Waals surface area contributed by atoms with E-state index in [0.29, 0.717) is 24.5 Å². The summed E-state index contributed by atoms with van der Waals surface area (Å²) in [6.45, 7) is 3.85. The van der Waals surface area contributed by atoms with Crippen LogP contribution in [-0.2, 0) is 9.59 Å². The molecule has 0 bridgehead atoms. The molecule has 4 rings (SSSR count). The van der Waals surface area contributed by atoms with Crippen LogP contribution in [0, 0.1) is 0 Å².